The lowest BCUT2D eigenvalue weighted by molar-refractivity contribution is -0.144. The van der Waals surface area contributed by atoms with E-state index in [1.807, 2.05) is 13.8 Å². The minimum Gasteiger partial charge on any atom is -0.481 e. The molecule has 1 aromatic rings. The highest BCUT2D eigenvalue weighted by molar-refractivity contribution is 6.30. The van der Waals surface area contributed by atoms with Crippen LogP contribution in [0.15, 0.2) is 36.4 Å². The van der Waals surface area contributed by atoms with Gasteiger partial charge in [-0.15, -0.1) is 0 Å². The molecule has 11 N–H and O–H groups in total. The molecule has 2 rings (SSSR count). The summed E-state index contributed by atoms with van der Waals surface area (Å²) in [6.45, 7) is 4.50. The minimum absolute atomic E-state index is 0.0188. The first kappa shape index (κ1) is 43.3. The van der Waals surface area contributed by atoms with Crippen LogP contribution in [-0.2, 0) is 35.2 Å². The van der Waals surface area contributed by atoms with Crippen LogP contribution in [-0.4, -0.2) is 83.8 Å². The number of hydrogen-bond donors (Lipinski definition) is 8. The third kappa shape index (κ3) is 15.9. The van der Waals surface area contributed by atoms with Crippen LogP contribution in [0.1, 0.15) is 83.6 Å². The molecule has 0 aromatic heterocycles. The Morgan fingerprint density at radius 2 is 1.49 bits per heavy atom. The number of benzene rings is 1. The van der Waals surface area contributed by atoms with Gasteiger partial charge in [0.15, 0.2) is 5.78 Å². The second kappa shape index (κ2) is 22.9. The highest BCUT2D eigenvalue weighted by Crippen LogP contribution is 2.20. The Kier molecular flexibility index (Phi) is 19.4. The van der Waals surface area contributed by atoms with Crippen molar-refractivity contribution in [2.45, 2.75) is 115 Å². The normalized spacial score (nSPS) is 21.5. The van der Waals surface area contributed by atoms with Crippen molar-refractivity contribution in [2.24, 2.45) is 29.0 Å². The van der Waals surface area contributed by atoms with Crippen LogP contribution in [0, 0.1) is 11.8 Å². The maximum Gasteiger partial charge on any atom is 0.306 e. The number of ketones is 1. The molecule has 6 atom stereocenters. The van der Waals surface area contributed by atoms with Crippen LogP contribution >= 0.6 is 11.6 Å². The van der Waals surface area contributed by atoms with Gasteiger partial charge >= 0.3 is 5.97 Å². The van der Waals surface area contributed by atoms with Gasteiger partial charge in [0.05, 0.1) is 18.0 Å². The lowest BCUT2D eigenvalue weighted by Gasteiger charge is -2.27. The summed E-state index contributed by atoms with van der Waals surface area (Å²) in [7, 11) is 0. The number of nitrogens with two attached hydrogens (primary N) is 3. The summed E-state index contributed by atoms with van der Waals surface area (Å²) in [5.41, 5.74) is 18.1. The van der Waals surface area contributed by atoms with Gasteiger partial charge in [0, 0.05) is 11.4 Å². The molecule has 0 bridgehead atoms. The van der Waals surface area contributed by atoms with E-state index >= 15 is 0 Å². The van der Waals surface area contributed by atoms with Crippen molar-refractivity contribution in [2.75, 3.05) is 13.1 Å². The molecular weight excluding hydrogens is 678 g/mol. The highest BCUT2D eigenvalue weighted by Gasteiger charge is 2.33. The predicted octanol–water partition coefficient (Wildman–Crippen LogP) is 1.46. The second-order valence-electron chi connectivity index (χ2n) is 13.5. The van der Waals surface area contributed by atoms with Crippen LogP contribution in [0.4, 0.5) is 0 Å². The van der Waals surface area contributed by atoms with E-state index in [2.05, 4.69) is 21.3 Å². The fourth-order valence-corrected chi connectivity index (χ4v) is 6.02. The van der Waals surface area contributed by atoms with Crippen molar-refractivity contribution >= 4 is 47.0 Å². The minimum atomic E-state index is -1.20. The topological polar surface area (TPSA) is 249 Å². The Labute approximate surface area is 305 Å². The van der Waals surface area contributed by atoms with Gasteiger partial charge in [0.25, 0.3) is 0 Å². The van der Waals surface area contributed by atoms with Crippen LogP contribution in [0.2, 0.25) is 5.02 Å². The monoisotopic (exact) mass is 733 g/mol. The highest BCUT2D eigenvalue weighted by atomic mass is 35.5. The Balaban J connectivity index is 2.44. The van der Waals surface area contributed by atoms with Gasteiger partial charge in [0.1, 0.15) is 18.1 Å². The van der Waals surface area contributed by atoms with Gasteiger partial charge in [-0.05, 0) is 101 Å². The molecule has 0 saturated heterocycles. The molecule has 14 nitrogen and oxygen atoms in total. The summed E-state index contributed by atoms with van der Waals surface area (Å²) in [4.78, 5) is 79.8. The molecule has 1 heterocycles. The summed E-state index contributed by atoms with van der Waals surface area (Å²) < 4.78 is 0. The first-order chi connectivity index (χ1) is 24.2. The number of carbonyl (C=O) groups is 6. The number of Topliss-reactive ketones (excluding diaryl/α,β-unsaturated/α-hetero) is 1. The number of carboxylic acids is 1. The van der Waals surface area contributed by atoms with Crippen LogP contribution in [0.25, 0.3) is 0 Å². The summed E-state index contributed by atoms with van der Waals surface area (Å²) in [6, 6.07) is 1.42. The lowest BCUT2D eigenvalue weighted by atomic mass is 9.89. The second-order valence-corrected chi connectivity index (χ2v) is 14.0. The van der Waals surface area contributed by atoms with Crippen molar-refractivity contribution in [3.8, 4) is 0 Å². The zero-order chi connectivity index (χ0) is 37.9. The summed E-state index contributed by atoms with van der Waals surface area (Å²) in [5, 5.41) is 21.2. The maximum atomic E-state index is 13.9. The zero-order valence-electron chi connectivity index (χ0n) is 29.7. The molecule has 0 saturated carbocycles. The van der Waals surface area contributed by atoms with Crippen molar-refractivity contribution in [1.82, 2.24) is 21.3 Å². The van der Waals surface area contributed by atoms with Crippen molar-refractivity contribution in [1.29, 1.82) is 0 Å². The van der Waals surface area contributed by atoms with E-state index in [1.165, 1.54) is 0 Å². The first-order valence-electron chi connectivity index (χ1n) is 17.8. The molecule has 51 heavy (non-hydrogen) atoms. The third-order valence-electron chi connectivity index (χ3n) is 8.64. The number of aliphatic carboxylic acids is 1. The molecule has 0 unspecified atom stereocenters. The molecule has 1 aromatic carbocycles. The molecule has 1 aliphatic heterocycles. The number of unbranched alkanes of at least 4 members (excludes halogenated alkanes) is 2. The summed E-state index contributed by atoms with van der Waals surface area (Å²) in [5.74, 6) is -4.95. The predicted molar refractivity (Wildman–Crippen MR) is 195 cm³/mol. The van der Waals surface area contributed by atoms with Crippen molar-refractivity contribution in [3.63, 3.8) is 0 Å². The smallest absolute Gasteiger partial charge is 0.306 e. The maximum absolute atomic E-state index is 13.9. The molecule has 4 amide bonds. The molecule has 284 valence electrons. The number of halogens is 1. The molecule has 1 aliphatic rings. The van der Waals surface area contributed by atoms with Gasteiger partial charge in [-0.25, -0.2) is 0 Å². The fourth-order valence-electron chi connectivity index (χ4n) is 5.80. The van der Waals surface area contributed by atoms with E-state index in [4.69, 9.17) is 28.8 Å². The average Bonchev–Trinajstić information content (AvgIpc) is 3.07. The Morgan fingerprint density at radius 1 is 0.902 bits per heavy atom. The average molecular weight is 734 g/mol. The molecular formula is C36H56ClN7O7. The van der Waals surface area contributed by atoms with Gasteiger partial charge in [-0.2, -0.15) is 0 Å². The SMILES string of the molecule is CC(C)C[C@H](CC(=O)[C@H](Cc1cccc(Cl)c1)NC(=O)[C@@H]1CC=CC[C@H](N)C(=O)N[C@@H](CCCCN)C(=O)N[C@@H](CCCCN)C(=O)N1)C(=O)O. The van der Waals surface area contributed by atoms with E-state index in [0.717, 1.165) is 0 Å². The lowest BCUT2D eigenvalue weighted by Crippen LogP contribution is -2.58. The number of nitrogens with one attached hydrogen (secondary N) is 4. The zero-order valence-corrected chi connectivity index (χ0v) is 30.5. The van der Waals surface area contributed by atoms with E-state index in [0.29, 0.717) is 49.4 Å². The van der Waals surface area contributed by atoms with Gasteiger partial charge < -0.3 is 43.6 Å². The van der Waals surface area contributed by atoms with Crippen LogP contribution in [0.5, 0.6) is 0 Å². The molecule has 0 radical (unpaired) electrons. The van der Waals surface area contributed by atoms with Gasteiger partial charge in [0.2, 0.25) is 23.6 Å². The van der Waals surface area contributed by atoms with Crippen molar-refractivity contribution < 1.29 is 33.9 Å². The van der Waals surface area contributed by atoms with Gasteiger partial charge in [-0.1, -0.05) is 49.7 Å². The molecule has 0 aliphatic carbocycles. The summed E-state index contributed by atoms with van der Waals surface area (Å²) >= 11 is 6.19. The first-order valence-corrected chi connectivity index (χ1v) is 18.2. The van der Waals surface area contributed by atoms with E-state index in [1.54, 1.807) is 36.4 Å². The third-order valence-corrected chi connectivity index (χ3v) is 8.88. The van der Waals surface area contributed by atoms with Crippen molar-refractivity contribution in [3.05, 3.63) is 47.0 Å². The molecule has 0 fully saturated rings. The van der Waals surface area contributed by atoms with Crippen LogP contribution < -0.4 is 38.5 Å². The standard InChI is InChI=1S/C36H56ClN7O7/c1-22(2)18-24(36(50)51)21-31(45)30(20-23-10-9-11-25(37)19-23)44-35(49)28-13-4-3-12-26(40)32(46)41-27(14-5-7-16-38)33(47)43-29(34(48)42-28)15-6-8-17-39/h3-4,9-11,19,22,24,26-30H,5-8,12-18,20-21,38-40H2,1-2H3,(H,41,46)(H,42,48)(H,43,47)(H,44,49)(H,50,51)/t24-,26+,27+,28+,29+,30+/m1/s1. The van der Waals surface area contributed by atoms with E-state index in [-0.39, 0.29) is 50.9 Å². The van der Waals surface area contributed by atoms with E-state index in [9.17, 15) is 33.9 Å². The number of hydrogen-bond acceptors (Lipinski definition) is 9. The Hall–Kier alpha value is -3.85. The number of carboxylic acid groups (broad SMARTS) is 1. The Morgan fingerprint density at radius 3 is 2.06 bits per heavy atom. The van der Waals surface area contributed by atoms with E-state index < -0.39 is 71.5 Å². The van der Waals surface area contributed by atoms with Gasteiger partial charge in [-0.3, -0.25) is 28.8 Å². The number of carbonyl (C=O) groups excluding carboxylic acids is 5. The quantitative estimate of drug-likeness (QED) is 0.0797. The van der Waals surface area contributed by atoms with Crippen LogP contribution in [0.3, 0.4) is 0 Å². The summed E-state index contributed by atoms with van der Waals surface area (Å²) in [6.07, 6.45) is 6.04. The largest absolute Gasteiger partial charge is 0.481 e. The Bertz CT molecular complexity index is 1360. The molecule has 15 heteroatoms. The molecule has 0 spiro atoms. The number of rotatable bonds is 18. The fraction of sp³-hybridized carbons (Fsp3) is 0.611. The number of amides is 4.